The molecule has 0 saturated heterocycles. The van der Waals surface area contributed by atoms with Crippen LogP contribution >= 0.6 is 0 Å². The minimum absolute atomic E-state index is 0.263. The number of nitrogens with zero attached hydrogens (tertiary/aromatic N) is 2. The van der Waals surface area contributed by atoms with Crippen LogP contribution in [0.2, 0.25) is 0 Å². The molecule has 0 spiro atoms. The molecule has 0 unspecified atom stereocenters. The first-order chi connectivity index (χ1) is 19.5. The molecule has 8 heteroatoms. The highest BCUT2D eigenvalue weighted by Crippen LogP contribution is 2.27. The van der Waals surface area contributed by atoms with Gasteiger partial charge >= 0.3 is 27.1 Å². The summed E-state index contributed by atoms with van der Waals surface area (Å²) in [5.41, 5.74) is 3.06. The molecule has 0 amide bonds. The van der Waals surface area contributed by atoms with E-state index in [0.29, 0.717) is 16.8 Å². The molecule has 7 nitrogen and oxygen atoms in total. The lowest BCUT2D eigenvalue weighted by Crippen LogP contribution is -2.35. The largest absolute Gasteiger partial charge is 1.20 e. The van der Waals surface area contributed by atoms with Gasteiger partial charge in [0.25, 0.3) is 0 Å². The van der Waals surface area contributed by atoms with E-state index < -0.39 is 27.1 Å². The van der Waals surface area contributed by atoms with Gasteiger partial charge in [-0.05, 0) is 49.6 Å². The van der Waals surface area contributed by atoms with E-state index in [1.165, 1.54) is 0 Å². The van der Waals surface area contributed by atoms with Crippen molar-refractivity contribution < 1.29 is 21.0 Å². The summed E-state index contributed by atoms with van der Waals surface area (Å²) in [5.74, 6) is -0.908. The van der Waals surface area contributed by atoms with Crippen molar-refractivity contribution in [3.63, 3.8) is 0 Å². The zero-order valence-electron chi connectivity index (χ0n) is 21.8. The molecule has 0 fully saturated rings. The first kappa shape index (κ1) is 25.5. The molecule has 0 aliphatic heterocycles. The van der Waals surface area contributed by atoms with Gasteiger partial charge in [-0.15, -0.1) is 0 Å². The van der Waals surface area contributed by atoms with E-state index in [2.05, 4.69) is 9.97 Å². The molecule has 2 heterocycles. The minimum atomic E-state index is -3.46. The van der Waals surface area contributed by atoms with E-state index in [1.54, 1.807) is 30.3 Å². The second-order valence-electron chi connectivity index (χ2n) is 9.35. The predicted molar refractivity (Wildman–Crippen MR) is 154 cm³/mol. The number of aryl methyl sites for hydroxylation is 2. The maximum absolute atomic E-state index is 13.5. The van der Waals surface area contributed by atoms with Crippen molar-refractivity contribution in [2.45, 2.75) is 13.8 Å². The Balaban J connectivity index is 1.37. The Hall–Kier alpha value is -4.77. The molecule has 40 heavy (non-hydrogen) atoms. The quantitative estimate of drug-likeness (QED) is 0.218. The normalized spacial score (nSPS) is 10.9. The number of aromatic nitrogens is 2. The van der Waals surface area contributed by atoms with Crippen LogP contribution in [-0.4, -0.2) is 37.1 Å². The topological polar surface area (TPSA) is 87.6 Å². The number of carbonyl (C=O) groups is 2. The van der Waals surface area contributed by atoms with E-state index in [9.17, 15) is 9.59 Å². The summed E-state index contributed by atoms with van der Waals surface area (Å²) in [7, 11) is 0. The van der Waals surface area contributed by atoms with Crippen LogP contribution in [0.4, 0.5) is 0 Å². The summed E-state index contributed by atoms with van der Waals surface area (Å²) < 4.78 is 17.9. The molecule has 0 saturated carbocycles. The number of para-hydroxylation sites is 2. The Morgan fingerprint density at radius 3 is 1.68 bits per heavy atom. The van der Waals surface area contributed by atoms with Crippen molar-refractivity contribution >= 4 is 59.7 Å². The summed E-state index contributed by atoms with van der Waals surface area (Å²) in [6.07, 6.45) is 0. The van der Waals surface area contributed by atoms with E-state index >= 15 is 0 Å². The maximum atomic E-state index is 13.5. The van der Waals surface area contributed by atoms with Gasteiger partial charge in [0.15, 0.2) is 0 Å². The first-order valence-electron chi connectivity index (χ1n) is 12.8. The molecule has 0 aliphatic rings. The van der Waals surface area contributed by atoms with Gasteiger partial charge in [0, 0.05) is 27.5 Å². The van der Waals surface area contributed by atoms with Gasteiger partial charge in [-0.1, -0.05) is 72.8 Å². The minimum Gasteiger partial charge on any atom is -0.577 e. The molecule has 0 N–H and O–H groups in total. The van der Waals surface area contributed by atoms with Crippen LogP contribution < -0.4 is 3.79 Å². The standard InChI is InChI=1S/2C11H9NO2.C10H8O.Al/c2*1-7-5-6-8-3-2-4-9(11(13)14)10(8)12-7;11-10-7-3-5-8-4-1-2-6-9(8)10;/h2*2-6H,1H3,(H,13,14);1-7,11H;/q;;;+3/p-3. The summed E-state index contributed by atoms with van der Waals surface area (Å²) in [4.78, 5) is 36.1. The van der Waals surface area contributed by atoms with E-state index in [0.717, 1.165) is 32.9 Å². The number of benzene rings is 4. The summed E-state index contributed by atoms with van der Waals surface area (Å²) >= 11 is -3.46. The number of pyridine rings is 2. The van der Waals surface area contributed by atoms with Gasteiger partial charge in [-0.25, -0.2) is 9.59 Å². The van der Waals surface area contributed by atoms with Crippen molar-refractivity contribution in [1.82, 2.24) is 9.97 Å². The van der Waals surface area contributed by atoms with E-state index in [-0.39, 0.29) is 11.1 Å². The number of hydrogen-bond acceptors (Lipinski definition) is 7. The average Bonchev–Trinajstić information content (AvgIpc) is 2.96. The summed E-state index contributed by atoms with van der Waals surface area (Å²) in [6, 6.07) is 31.3. The van der Waals surface area contributed by atoms with Gasteiger partial charge in [0.05, 0.1) is 27.9 Å². The molecule has 0 bridgehead atoms. The third-order valence-electron chi connectivity index (χ3n) is 6.54. The van der Waals surface area contributed by atoms with Crippen molar-refractivity contribution in [3.8, 4) is 5.75 Å². The zero-order valence-corrected chi connectivity index (χ0v) is 23.0. The number of fused-ring (bicyclic) bond motifs is 3. The molecule has 0 atom stereocenters. The van der Waals surface area contributed by atoms with Crippen molar-refractivity contribution in [3.05, 3.63) is 126 Å². The molecule has 4 aromatic carbocycles. The molecule has 0 radical (unpaired) electrons. The van der Waals surface area contributed by atoms with E-state index in [1.807, 2.05) is 86.6 Å². The highest BCUT2D eigenvalue weighted by Gasteiger charge is 2.48. The second-order valence-corrected chi connectivity index (χ2v) is 10.6. The highest BCUT2D eigenvalue weighted by molar-refractivity contribution is 6.44. The van der Waals surface area contributed by atoms with Crippen molar-refractivity contribution in [2.24, 2.45) is 0 Å². The number of rotatable bonds is 6. The number of carbonyl (C=O) groups excluding carboxylic acids is 2. The fraction of sp³-hybridized carbons (Fsp3) is 0.0625. The van der Waals surface area contributed by atoms with Crippen LogP contribution in [0, 0.1) is 13.8 Å². The molecular weight excluding hydrogens is 519 g/mol. The van der Waals surface area contributed by atoms with Gasteiger partial charge in [-0.3, -0.25) is 9.97 Å². The first-order valence-corrected chi connectivity index (χ1v) is 14.2. The summed E-state index contributed by atoms with van der Waals surface area (Å²) in [6.45, 7) is 3.70. The Bertz CT molecular complexity index is 1820. The predicted octanol–water partition coefficient (Wildman–Crippen LogP) is 6.63. The zero-order chi connectivity index (χ0) is 27.6. The molecule has 0 aliphatic carbocycles. The molecular formula is C32H23AlN2O5. The fourth-order valence-corrected chi connectivity index (χ4v) is 5.76. The average molecular weight is 543 g/mol. The van der Waals surface area contributed by atoms with Gasteiger partial charge < -0.3 is 11.4 Å². The van der Waals surface area contributed by atoms with E-state index in [4.69, 9.17) is 11.4 Å². The third-order valence-corrected chi connectivity index (χ3v) is 7.80. The summed E-state index contributed by atoms with van der Waals surface area (Å²) in [5, 5.41) is 3.33. The Kier molecular flexibility index (Phi) is 6.87. The molecule has 194 valence electrons. The van der Waals surface area contributed by atoms with Crippen molar-refractivity contribution in [1.29, 1.82) is 0 Å². The molecule has 6 rings (SSSR count). The maximum Gasteiger partial charge on any atom is 1.20 e. The highest BCUT2D eigenvalue weighted by atomic mass is 27.3. The van der Waals surface area contributed by atoms with Crippen LogP contribution in [0.25, 0.3) is 32.6 Å². The van der Waals surface area contributed by atoms with Crippen LogP contribution in [0.5, 0.6) is 5.75 Å². The SMILES string of the molecule is Cc1ccc2cccc(C(=O)[O][Al]([O]C(=O)c3cccc4ccc(C)nc34)[O]c3cccc4ccccc34)c2n1. The Labute approximate surface area is 235 Å². The van der Waals surface area contributed by atoms with Gasteiger partial charge in [0.1, 0.15) is 0 Å². The second kappa shape index (κ2) is 10.8. The van der Waals surface area contributed by atoms with Crippen LogP contribution in [0.15, 0.2) is 103 Å². The lowest BCUT2D eigenvalue weighted by molar-refractivity contribution is 0.0532. The molecule has 2 aromatic heterocycles. The van der Waals surface area contributed by atoms with Gasteiger partial charge in [-0.2, -0.15) is 0 Å². The molecule has 6 aromatic rings. The lowest BCUT2D eigenvalue weighted by atomic mass is 10.1. The van der Waals surface area contributed by atoms with Crippen LogP contribution in [0.1, 0.15) is 32.1 Å². The van der Waals surface area contributed by atoms with Crippen LogP contribution in [-0.2, 0) is 7.58 Å². The van der Waals surface area contributed by atoms with Gasteiger partial charge in [0.2, 0.25) is 0 Å². The lowest BCUT2D eigenvalue weighted by Gasteiger charge is -2.17. The Morgan fingerprint density at radius 2 is 1.07 bits per heavy atom. The van der Waals surface area contributed by atoms with Crippen molar-refractivity contribution in [2.75, 3.05) is 0 Å². The number of hydrogen-bond donors (Lipinski definition) is 0. The van der Waals surface area contributed by atoms with Crippen LogP contribution in [0.3, 0.4) is 0 Å². The Morgan fingerprint density at radius 1 is 0.575 bits per heavy atom. The fourth-order valence-electron chi connectivity index (χ4n) is 4.59. The smallest absolute Gasteiger partial charge is 0.577 e. The monoisotopic (exact) mass is 542 g/mol. The third kappa shape index (κ3) is 5.11.